The minimum atomic E-state index is -0.733. The minimum absolute atomic E-state index is 0.0498. The van der Waals surface area contributed by atoms with E-state index in [1.165, 1.54) is 7.11 Å². The number of primary amides is 1. The molecule has 0 saturated heterocycles. The molecule has 3 amide bonds. The summed E-state index contributed by atoms with van der Waals surface area (Å²) in [4.78, 5) is 23.3. The number of halogens is 1. The fourth-order valence-corrected chi connectivity index (χ4v) is 2.08. The van der Waals surface area contributed by atoms with Crippen LogP contribution in [0, 0.1) is 5.92 Å². The van der Waals surface area contributed by atoms with Gasteiger partial charge < -0.3 is 21.1 Å². The van der Waals surface area contributed by atoms with E-state index < -0.39 is 12.1 Å². The Morgan fingerprint density at radius 2 is 2.10 bits per heavy atom. The van der Waals surface area contributed by atoms with Crippen molar-refractivity contribution in [3.05, 3.63) is 23.2 Å². The third-order valence-corrected chi connectivity index (χ3v) is 3.51. The van der Waals surface area contributed by atoms with Crippen molar-refractivity contribution in [1.29, 1.82) is 0 Å². The van der Waals surface area contributed by atoms with Crippen LogP contribution in [0.5, 0.6) is 5.75 Å². The zero-order chi connectivity index (χ0) is 16.0. The second-order valence-electron chi connectivity index (χ2n) is 4.71. The van der Waals surface area contributed by atoms with Crippen molar-refractivity contribution in [1.82, 2.24) is 5.32 Å². The first-order valence-electron chi connectivity index (χ1n) is 6.59. The van der Waals surface area contributed by atoms with Gasteiger partial charge in [0.25, 0.3) is 0 Å². The van der Waals surface area contributed by atoms with Crippen LogP contribution < -0.4 is 21.1 Å². The Bertz CT molecular complexity index is 522. The molecule has 4 N–H and O–H groups in total. The minimum Gasteiger partial charge on any atom is -0.495 e. The Balaban J connectivity index is 2.85. The Morgan fingerprint density at radius 3 is 2.57 bits per heavy atom. The van der Waals surface area contributed by atoms with E-state index in [1.807, 2.05) is 13.8 Å². The summed E-state index contributed by atoms with van der Waals surface area (Å²) in [5, 5.41) is 5.55. The molecule has 0 radical (unpaired) electrons. The smallest absolute Gasteiger partial charge is 0.312 e. The van der Waals surface area contributed by atoms with Crippen molar-refractivity contribution >= 4 is 29.2 Å². The molecule has 21 heavy (non-hydrogen) atoms. The van der Waals surface area contributed by atoms with Gasteiger partial charge in [0.1, 0.15) is 11.8 Å². The molecule has 1 aromatic rings. The number of urea groups is 1. The summed E-state index contributed by atoms with van der Waals surface area (Å²) in [5.74, 6) is 0.124. The molecule has 0 aliphatic rings. The predicted octanol–water partition coefficient (Wildman–Crippen LogP) is 2.37. The molecule has 0 fully saturated rings. The van der Waals surface area contributed by atoms with Gasteiger partial charge in [-0.25, -0.2) is 4.79 Å². The Kier molecular flexibility index (Phi) is 6.30. The first-order chi connectivity index (χ1) is 9.88. The monoisotopic (exact) mass is 313 g/mol. The zero-order valence-electron chi connectivity index (χ0n) is 12.3. The van der Waals surface area contributed by atoms with Crippen LogP contribution in [0.3, 0.4) is 0 Å². The fraction of sp³-hybridized carbons (Fsp3) is 0.429. The second kappa shape index (κ2) is 7.73. The lowest BCUT2D eigenvalue weighted by Gasteiger charge is -2.22. The van der Waals surface area contributed by atoms with E-state index >= 15 is 0 Å². The van der Waals surface area contributed by atoms with Gasteiger partial charge in [-0.15, -0.1) is 0 Å². The van der Waals surface area contributed by atoms with E-state index in [1.54, 1.807) is 18.2 Å². The van der Waals surface area contributed by atoms with Gasteiger partial charge in [0, 0.05) is 5.69 Å². The van der Waals surface area contributed by atoms with Crippen molar-refractivity contribution in [2.45, 2.75) is 26.3 Å². The standard InChI is InChI=1S/C14H20ClN3O3/c1-4-8(2)12(18-14(16)20)13(19)17-9-5-6-11(21-3)10(15)7-9/h5-8,12H,4H2,1-3H3,(H,17,19)(H3,16,18,20)/t8-,12+/m1/s1. The molecule has 1 aromatic carbocycles. The molecule has 116 valence electrons. The molecule has 0 aliphatic carbocycles. The van der Waals surface area contributed by atoms with Gasteiger partial charge in [-0.05, 0) is 24.1 Å². The van der Waals surface area contributed by atoms with E-state index in [0.717, 1.165) is 6.42 Å². The van der Waals surface area contributed by atoms with Crippen LogP contribution in [0.4, 0.5) is 10.5 Å². The highest BCUT2D eigenvalue weighted by Gasteiger charge is 2.25. The maximum Gasteiger partial charge on any atom is 0.312 e. The van der Waals surface area contributed by atoms with E-state index in [2.05, 4.69) is 10.6 Å². The van der Waals surface area contributed by atoms with Crippen molar-refractivity contribution in [2.75, 3.05) is 12.4 Å². The number of anilines is 1. The predicted molar refractivity (Wildman–Crippen MR) is 82.6 cm³/mol. The van der Waals surface area contributed by atoms with Gasteiger partial charge in [0.2, 0.25) is 5.91 Å². The van der Waals surface area contributed by atoms with Crippen molar-refractivity contribution < 1.29 is 14.3 Å². The van der Waals surface area contributed by atoms with Crippen LogP contribution in [0.25, 0.3) is 0 Å². The molecular weight excluding hydrogens is 294 g/mol. The Morgan fingerprint density at radius 1 is 1.43 bits per heavy atom. The van der Waals surface area contributed by atoms with E-state index in [9.17, 15) is 9.59 Å². The Hall–Kier alpha value is -1.95. The number of nitrogens with one attached hydrogen (secondary N) is 2. The quantitative estimate of drug-likeness (QED) is 0.752. The van der Waals surface area contributed by atoms with Crippen LogP contribution in [-0.2, 0) is 4.79 Å². The van der Waals surface area contributed by atoms with Crippen molar-refractivity contribution in [3.63, 3.8) is 0 Å². The molecule has 0 aliphatic heterocycles. The van der Waals surface area contributed by atoms with Gasteiger partial charge in [-0.3, -0.25) is 4.79 Å². The summed E-state index contributed by atoms with van der Waals surface area (Å²) in [5.41, 5.74) is 5.63. The van der Waals surface area contributed by atoms with Gasteiger partial charge in [-0.2, -0.15) is 0 Å². The summed E-state index contributed by atoms with van der Waals surface area (Å²) in [6.45, 7) is 3.79. The molecule has 7 heteroatoms. The lowest BCUT2D eigenvalue weighted by molar-refractivity contribution is -0.119. The van der Waals surface area contributed by atoms with Gasteiger partial charge in [0.05, 0.1) is 12.1 Å². The highest BCUT2D eigenvalue weighted by Crippen LogP contribution is 2.27. The van der Waals surface area contributed by atoms with Crippen LogP contribution in [-0.4, -0.2) is 25.1 Å². The third-order valence-electron chi connectivity index (χ3n) is 3.21. The highest BCUT2D eigenvalue weighted by molar-refractivity contribution is 6.32. The van der Waals surface area contributed by atoms with Gasteiger partial charge >= 0.3 is 6.03 Å². The third kappa shape index (κ3) is 4.82. The van der Waals surface area contributed by atoms with Crippen LogP contribution in [0.1, 0.15) is 20.3 Å². The van der Waals surface area contributed by atoms with Crippen LogP contribution in [0.2, 0.25) is 5.02 Å². The molecule has 0 saturated carbocycles. The van der Waals surface area contributed by atoms with Crippen LogP contribution in [0.15, 0.2) is 18.2 Å². The normalized spacial score (nSPS) is 13.1. The average Bonchev–Trinajstić information content (AvgIpc) is 2.43. The first kappa shape index (κ1) is 17.1. The Labute approximate surface area is 129 Å². The largest absolute Gasteiger partial charge is 0.495 e. The number of ether oxygens (including phenoxy) is 1. The molecule has 0 unspecified atom stereocenters. The second-order valence-corrected chi connectivity index (χ2v) is 5.12. The number of rotatable bonds is 6. The number of nitrogens with two attached hydrogens (primary N) is 1. The molecule has 1 rings (SSSR count). The van der Waals surface area contributed by atoms with Gasteiger partial charge in [0.15, 0.2) is 0 Å². The number of methoxy groups -OCH3 is 1. The summed E-state index contributed by atoms with van der Waals surface area (Å²) in [7, 11) is 1.51. The van der Waals surface area contributed by atoms with Gasteiger partial charge in [-0.1, -0.05) is 31.9 Å². The van der Waals surface area contributed by atoms with Crippen molar-refractivity contribution in [3.8, 4) is 5.75 Å². The first-order valence-corrected chi connectivity index (χ1v) is 6.97. The number of carbonyl (C=O) groups is 2. The summed E-state index contributed by atoms with van der Waals surface area (Å²) >= 11 is 6.00. The van der Waals surface area contributed by atoms with Crippen LogP contribution >= 0.6 is 11.6 Å². The molecular formula is C14H20ClN3O3. The number of hydrogen-bond donors (Lipinski definition) is 3. The molecule has 0 heterocycles. The maximum atomic E-state index is 12.3. The maximum absolute atomic E-state index is 12.3. The van der Waals surface area contributed by atoms with E-state index in [-0.39, 0.29) is 11.8 Å². The average molecular weight is 314 g/mol. The highest BCUT2D eigenvalue weighted by atomic mass is 35.5. The molecule has 0 bridgehead atoms. The number of hydrogen-bond acceptors (Lipinski definition) is 3. The molecule has 0 aromatic heterocycles. The number of carbonyl (C=O) groups excluding carboxylic acids is 2. The van der Waals surface area contributed by atoms with E-state index in [0.29, 0.717) is 16.5 Å². The fourth-order valence-electron chi connectivity index (χ4n) is 1.82. The summed E-state index contributed by atoms with van der Waals surface area (Å²) < 4.78 is 5.04. The SMILES string of the molecule is CC[C@@H](C)[C@H](NC(N)=O)C(=O)Nc1ccc(OC)c(Cl)c1. The van der Waals surface area contributed by atoms with Crippen molar-refractivity contribution in [2.24, 2.45) is 11.7 Å². The molecule has 6 nitrogen and oxygen atoms in total. The topological polar surface area (TPSA) is 93.5 Å². The lowest BCUT2D eigenvalue weighted by Crippen LogP contribution is -2.49. The van der Waals surface area contributed by atoms with E-state index in [4.69, 9.17) is 22.1 Å². The summed E-state index contributed by atoms with van der Waals surface area (Å²) in [6.07, 6.45) is 0.724. The molecule has 0 spiro atoms. The lowest BCUT2D eigenvalue weighted by atomic mass is 9.98. The number of amides is 3. The molecule has 2 atom stereocenters. The summed E-state index contributed by atoms with van der Waals surface area (Å²) in [6, 6.07) is 3.46. The zero-order valence-corrected chi connectivity index (χ0v) is 13.0. The number of benzene rings is 1.